The van der Waals surface area contributed by atoms with Crippen molar-refractivity contribution >= 4 is 41.4 Å². The molecule has 22 heteroatoms. The van der Waals surface area contributed by atoms with Gasteiger partial charge >= 0.3 is 17.9 Å². The van der Waals surface area contributed by atoms with Crippen LogP contribution in [-0.2, 0) is 66.7 Å². The third kappa shape index (κ3) is 12.0. The number of carbonyl (C=O) groups excluding carboxylic acids is 7. The van der Waals surface area contributed by atoms with Crippen molar-refractivity contribution in [3.63, 3.8) is 0 Å². The van der Waals surface area contributed by atoms with Crippen molar-refractivity contribution in [2.45, 2.75) is 253 Å². The zero-order chi connectivity index (χ0) is 60.8. The number of hydrogen-bond acceptors (Lipinski definition) is 19. The summed E-state index contributed by atoms with van der Waals surface area (Å²) in [4.78, 5) is 95.1. The second-order valence-electron chi connectivity index (χ2n) is 26.8. The van der Waals surface area contributed by atoms with Gasteiger partial charge in [0.15, 0.2) is 30.6 Å². The number of ketones is 1. The SMILES string of the molecule is CCCOC(=O)[C@@H](C)NC(=O)C1OC(OC2C(OC3CC[C@@]4(C)C(CC[C@]5(C)C4C(=O)C=C4C6C[C@@](C)(C(=O)N[C@H](C)C(=O)OCCC)CC[C@]6(C)CC[C@]45C)C3(C)C)OC(C(=O)N[C@H](C)C(=O)OCCC)C(O)C2O)C(O)C(O)C1O. The van der Waals surface area contributed by atoms with Gasteiger partial charge in [0.05, 0.1) is 25.9 Å². The Hall–Kier alpha value is -4.13. The Bertz CT molecular complexity index is 2420. The third-order valence-corrected chi connectivity index (χ3v) is 20.8. The summed E-state index contributed by atoms with van der Waals surface area (Å²) in [6, 6.07) is -3.23. The fourth-order valence-electron chi connectivity index (χ4n) is 15.5. The molecule has 7 rings (SSSR count). The van der Waals surface area contributed by atoms with E-state index < -0.39 is 148 Å². The molecule has 4 saturated carbocycles. The van der Waals surface area contributed by atoms with Crippen LogP contribution in [-0.4, -0.2) is 172 Å². The summed E-state index contributed by atoms with van der Waals surface area (Å²) in [7, 11) is 0. The minimum atomic E-state index is -2.08. The highest BCUT2D eigenvalue weighted by atomic mass is 16.8. The minimum Gasteiger partial charge on any atom is -0.464 e. The molecule has 464 valence electrons. The number of amides is 3. The van der Waals surface area contributed by atoms with E-state index in [2.05, 4.69) is 43.6 Å². The smallest absolute Gasteiger partial charge is 0.328 e. The predicted molar refractivity (Wildman–Crippen MR) is 293 cm³/mol. The minimum absolute atomic E-state index is 0.0460. The number of allylic oxidation sites excluding steroid dienone is 2. The summed E-state index contributed by atoms with van der Waals surface area (Å²) in [5.74, 6) is -4.87. The Labute approximate surface area is 482 Å². The zero-order valence-corrected chi connectivity index (χ0v) is 50.5. The van der Waals surface area contributed by atoms with Crippen LogP contribution in [0.2, 0.25) is 0 Å². The molecule has 82 heavy (non-hydrogen) atoms. The Morgan fingerprint density at radius 1 is 0.610 bits per heavy atom. The molecule has 6 fully saturated rings. The maximum absolute atomic E-state index is 15.4. The molecule has 0 aromatic rings. The van der Waals surface area contributed by atoms with Crippen LogP contribution >= 0.6 is 0 Å². The van der Waals surface area contributed by atoms with Crippen LogP contribution in [0.1, 0.15) is 167 Å². The fourth-order valence-corrected chi connectivity index (χ4v) is 15.5. The molecular formula is C60H95N3O19. The Balaban J connectivity index is 1.16. The molecule has 0 spiro atoms. The van der Waals surface area contributed by atoms with Crippen LogP contribution in [0.5, 0.6) is 0 Å². The number of carbonyl (C=O) groups is 7. The lowest BCUT2D eigenvalue weighted by atomic mass is 9.33. The van der Waals surface area contributed by atoms with E-state index in [0.29, 0.717) is 57.8 Å². The Morgan fingerprint density at radius 3 is 1.65 bits per heavy atom. The number of hydrogen-bond donors (Lipinski definition) is 8. The standard InChI is InChI=1S/C60H95N3O19/c1-14-25-76-49(72)30(4)61-47(70)43-39(66)38(65)42(69)52(80-43)82-45-41(68)40(67)44(48(71)62-31(5)50(73)77-26-15-2)81-53(45)79-37-18-19-58(11)36(55(37,7)8)17-20-60(13)46(58)35(64)28-33-34-29-57(10,22-21-56(34,9)23-24-59(33,60)12)54(75)63-32(6)51(74)78-27-16-3/h28,30-32,34,36-46,52-53,65-69H,14-27,29H2,1-13H3,(H,61,70)(H,62,71)(H,63,75)/t30-,31-,32-,34?,36?,37?,38?,39?,40?,41?,42?,43?,44?,45?,46?,52?,53?,56-,57+,58+,59-,60-/m1/s1. The van der Waals surface area contributed by atoms with E-state index in [9.17, 15) is 54.3 Å². The lowest BCUT2D eigenvalue weighted by molar-refractivity contribution is -0.369. The van der Waals surface area contributed by atoms with Crippen molar-refractivity contribution in [2.24, 2.45) is 50.2 Å². The van der Waals surface area contributed by atoms with Gasteiger partial charge in [-0.15, -0.1) is 0 Å². The number of esters is 3. The molecular weight excluding hydrogens is 1070 g/mol. The zero-order valence-electron chi connectivity index (χ0n) is 50.5. The molecule has 2 saturated heterocycles. The van der Waals surface area contributed by atoms with Crippen molar-refractivity contribution in [2.75, 3.05) is 19.8 Å². The molecule has 0 radical (unpaired) electrons. The van der Waals surface area contributed by atoms with E-state index in [4.69, 9.17) is 33.2 Å². The Morgan fingerprint density at radius 2 is 1.11 bits per heavy atom. The molecule has 3 amide bonds. The molecule has 2 aliphatic heterocycles. The largest absolute Gasteiger partial charge is 0.464 e. The summed E-state index contributed by atoms with van der Waals surface area (Å²) >= 11 is 0. The third-order valence-electron chi connectivity index (χ3n) is 20.8. The average Bonchev–Trinajstić information content (AvgIpc) is 1.63. The first-order valence-electron chi connectivity index (χ1n) is 30.0. The van der Waals surface area contributed by atoms with E-state index >= 15 is 4.79 Å². The topological polar surface area (TPSA) is 321 Å². The molecule has 2 heterocycles. The van der Waals surface area contributed by atoms with Gasteiger partial charge in [-0.1, -0.05) is 74.8 Å². The van der Waals surface area contributed by atoms with Crippen molar-refractivity contribution in [3.8, 4) is 0 Å². The molecule has 14 unspecified atom stereocenters. The van der Waals surface area contributed by atoms with E-state index in [1.54, 1.807) is 20.8 Å². The summed E-state index contributed by atoms with van der Waals surface area (Å²) < 4.78 is 40.8. The van der Waals surface area contributed by atoms with Crippen molar-refractivity contribution in [1.29, 1.82) is 0 Å². The maximum atomic E-state index is 15.4. The molecule has 0 aromatic heterocycles. The van der Waals surface area contributed by atoms with Gasteiger partial charge in [-0.25, -0.2) is 14.4 Å². The summed E-state index contributed by atoms with van der Waals surface area (Å²) in [6.45, 7) is 25.4. The molecule has 5 aliphatic carbocycles. The summed E-state index contributed by atoms with van der Waals surface area (Å²) in [5.41, 5.74) is -2.08. The maximum Gasteiger partial charge on any atom is 0.328 e. The van der Waals surface area contributed by atoms with E-state index in [1.807, 2.05) is 33.8 Å². The van der Waals surface area contributed by atoms with E-state index in [-0.39, 0.29) is 48.8 Å². The van der Waals surface area contributed by atoms with Crippen LogP contribution in [0, 0.1) is 50.2 Å². The highest BCUT2D eigenvalue weighted by Gasteiger charge is 2.71. The number of fused-ring (bicyclic) bond motifs is 7. The molecule has 0 bridgehead atoms. The number of aliphatic hydroxyl groups excluding tert-OH is 5. The van der Waals surface area contributed by atoms with Crippen LogP contribution in [0.15, 0.2) is 11.6 Å². The van der Waals surface area contributed by atoms with E-state index in [0.717, 1.165) is 24.8 Å². The number of ether oxygens (including phenoxy) is 7. The van der Waals surface area contributed by atoms with Crippen LogP contribution in [0.4, 0.5) is 0 Å². The first-order valence-corrected chi connectivity index (χ1v) is 30.0. The van der Waals surface area contributed by atoms with Gasteiger partial charge in [0.2, 0.25) is 5.91 Å². The van der Waals surface area contributed by atoms with Gasteiger partial charge in [0.25, 0.3) is 11.8 Å². The lowest BCUT2D eigenvalue weighted by Crippen LogP contribution is -2.69. The van der Waals surface area contributed by atoms with Crippen molar-refractivity contribution in [1.82, 2.24) is 16.0 Å². The first kappa shape index (κ1) is 65.4. The second-order valence-corrected chi connectivity index (χ2v) is 26.8. The lowest BCUT2D eigenvalue weighted by Gasteiger charge is -2.70. The highest BCUT2D eigenvalue weighted by molar-refractivity contribution is 5.96. The fraction of sp³-hybridized carbons (Fsp3) is 0.850. The van der Waals surface area contributed by atoms with Gasteiger partial charge in [-0.2, -0.15) is 0 Å². The normalized spacial score (nSPS) is 41.5. The van der Waals surface area contributed by atoms with Crippen LogP contribution in [0.25, 0.3) is 0 Å². The van der Waals surface area contributed by atoms with Gasteiger partial charge in [0, 0.05) is 11.3 Å². The van der Waals surface area contributed by atoms with Gasteiger partial charge in [0.1, 0.15) is 54.7 Å². The molecule has 7 aliphatic rings. The highest BCUT2D eigenvalue weighted by Crippen LogP contribution is 2.75. The number of nitrogens with one attached hydrogen (secondary N) is 3. The number of rotatable bonds is 19. The van der Waals surface area contributed by atoms with E-state index in [1.165, 1.54) is 13.8 Å². The summed E-state index contributed by atoms with van der Waals surface area (Å²) in [5, 5.41) is 64.8. The molecule has 22 atom stereocenters. The quantitative estimate of drug-likeness (QED) is 0.0522. The number of aliphatic hydroxyl groups is 5. The van der Waals surface area contributed by atoms with Gasteiger partial charge in [-0.3, -0.25) is 19.2 Å². The van der Waals surface area contributed by atoms with Crippen LogP contribution in [0.3, 0.4) is 0 Å². The summed E-state index contributed by atoms with van der Waals surface area (Å²) in [6.07, 6.45) is -10.9. The first-order chi connectivity index (χ1) is 38.3. The van der Waals surface area contributed by atoms with Crippen molar-refractivity contribution < 1.29 is 92.3 Å². The molecule has 8 N–H and O–H groups in total. The average molecular weight is 1160 g/mol. The van der Waals surface area contributed by atoms with Gasteiger partial charge in [-0.05, 0) is 143 Å². The molecule has 0 aromatic carbocycles. The Kier molecular flexibility index (Phi) is 20.0. The van der Waals surface area contributed by atoms with Crippen LogP contribution < -0.4 is 16.0 Å². The van der Waals surface area contributed by atoms with Gasteiger partial charge < -0.3 is 74.6 Å². The second kappa shape index (κ2) is 25.1. The monoisotopic (exact) mass is 1160 g/mol. The molecule has 22 nitrogen and oxygen atoms in total. The predicted octanol–water partition coefficient (Wildman–Crippen LogP) is 3.37. The van der Waals surface area contributed by atoms with Crippen molar-refractivity contribution in [3.05, 3.63) is 11.6 Å².